The Hall–Kier alpha value is -1.95. The van der Waals surface area contributed by atoms with Crippen LogP contribution in [-0.4, -0.2) is 33.4 Å². The molecule has 116 valence electrons. The van der Waals surface area contributed by atoms with Crippen LogP contribution < -0.4 is 14.2 Å². The van der Waals surface area contributed by atoms with Crippen molar-refractivity contribution in [1.82, 2.24) is 0 Å². The van der Waals surface area contributed by atoms with E-state index in [-0.39, 0.29) is 11.7 Å². The van der Waals surface area contributed by atoms with Crippen LogP contribution in [0.5, 0.6) is 17.2 Å². The van der Waals surface area contributed by atoms with E-state index in [4.69, 9.17) is 24.0 Å². The van der Waals surface area contributed by atoms with Crippen molar-refractivity contribution in [3.8, 4) is 17.2 Å². The van der Waals surface area contributed by atoms with E-state index in [0.29, 0.717) is 17.2 Å². The molecule has 6 heteroatoms. The molecule has 1 saturated carbocycles. The number of ether oxygens (including phenoxy) is 3. The van der Waals surface area contributed by atoms with Gasteiger partial charge in [-0.2, -0.15) is 4.89 Å². The van der Waals surface area contributed by atoms with Gasteiger partial charge >= 0.3 is 5.97 Å². The molecule has 1 aliphatic rings. The third kappa shape index (κ3) is 3.58. The van der Waals surface area contributed by atoms with E-state index in [0.717, 1.165) is 25.7 Å². The lowest BCUT2D eigenvalue weighted by molar-refractivity contribution is -0.272. The molecule has 0 bridgehead atoms. The highest BCUT2D eigenvalue weighted by Gasteiger charge is 2.21. The largest absolute Gasteiger partial charge is 0.493 e. The Bertz CT molecular complexity index is 468. The van der Waals surface area contributed by atoms with Gasteiger partial charge in [-0.1, -0.05) is 12.8 Å². The van der Waals surface area contributed by atoms with Crippen LogP contribution in [0.1, 0.15) is 36.0 Å². The molecule has 6 nitrogen and oxygen atoms in total. The molecule has 0 aliphatic heterocycles. The van der Waals surface area contributed by atoms with Crippen LogP contribution in [0.4, 0.5) is 0 Å². The van der Waals surface area contributed by atoms with Crippen LogP contribution in [0.25, 0.3) is 0 Å². The van der Waals surface area contributed by atoms with Crippen molar-refractivity contribution in [3.63, 3.8) is 0 Å². The van der Waals surface area contributed by atoms with Gasteiger partial charge in [0, 0.05) is 0 Å². The minimum atomic E-state index is -0.582. The second kappa shape index (κ2) is 7.17. The van der Waals surface area contributed by atoms with Gasteiger partial charge in [0.25, 0.3) is 0 Å². The van der Waals surface area contributed by atoms with Crippen LogP contribution in [-0.2, 0) is 9.78 Å². The van der Waals surface area contributed by atoms with Crippen molar-refractivity contribution >= 4 is 5.97 Å². The molecule has 0 heterocycles. The number of methoxy groups -OCH3 is 3. The predicted molar refractivity (Wildman–Crippen MR) is 74.9 cm³/mol. The summed E-state index contributed by atoms with van der Waals surface area (Å²) in [6.45, 7) is 0. The van der Waals surface area contributed by atoms with Gasteiger partial charge in [-0.15, -0.1) is 0 Å². The van der Waals surface area contributed by atoms with Gasteiger partial charge in [0.15, 0.2) is 11.5 Å². The van der Waals surface area contributed by atoms with Crippen LogP contribution in [0, 0.1) is 0 Å². The molecule has 1 aromatic carbocycles. The second-order valence-electron chi connectivity index (χ2n) is 4.79. The molecule has 0 aromatic heterocycles. The van der Waals surface area contributed by atoms with Crippen molar-refractivity contribution in [1.29, 1.82) is 0 Å². The zero-order chi connectivity index (χ0) is 15.2. The normalized spacial score (nSPS) is 14.8. The minimum absolute atomic E-state index is 0.00371. The molecule has 0 spiro atoms. The Morgan fingerprint density at radius 1 is 1.00 bits per heavy atom. The van der Waals surface area contributed by atoms with Crippen LogP contribution in [0.3, 0.4) is 0 Å². The fraction of sp³-hybridized carbons (Fsp3) is 0.533. The molecular weight excluding hydrogens is 276 g/mol. The van der Waals surface area contributed by atoms with Crippen molar-refractivity contribution in [3.05, 3.63) is 17.7 Å². The lowest BCUT2D eigenvalue weighted by Gasteiger charge is -2.14. The average molecular weight is 296 g/mol. The van der Waals surface area contributed by atoms with Gasteiger partial charge in [0.2, 0.25) is 5.75 Å². The maximum absolute atomic E-state index is 12.0. The van der Waals surface area contributed by atoms with E-state index < -0.39 is 5.97 Å². The highest BCUT2D eigenvalue weighted by Crippen LogP contribution is 2.38. The van der Waals surface area contributed by atoms with Crippen molar-refractivity contribution in [2.24, 2.45) is 0 Å². The number of rotatable bonds is 6. The average Bonchev–Trinajstić information content (AvgIpc) is 3.04. The number of carbonyl (C=O) groups is 1. The summed E-state index contributed by atoms with van der Waals surface area (Å²) in [5.74, 6) is 0.628. The van der Waals surface area contributed by atoms with E-state index in [1.807, 2.05) is 0 Å². The lowest BCUT2D eigenvalue weighted by Crippen LogP contribution is -2.13. The van der Waals surface area contributed by atoms with E-state index in [2.05, 4.69) is 0 Å². The summed E-state index contributed by atoms with van der Waals surface area (Å²) in [5.41, 5.74) is 0.280. The maximum atomic E-state index is 12.0. The first-order valence-electron chi connectivity index (χ1n) is 6.87. The van der Waals surface area contributed by atoms with Crippen LogP contribution >= 0.6 is 0 Å². The number of hydrogen-bond donors (Lipinski definition) is 0. The zero-order valence-corrected chi connectivity index (χ0v) is 12.5. The first-order chi connectivity index (χ1) is 10.2. The molecule has 1 fully saturated rings. The Balaban J connectivity index is 2.12. The molecule has 1 aliphatic carbocycles. The molecule has 0 amide bonds. The van der Waals surface area contributed by atoms with E-state index in [1.165, 1.54) is 33.5 Å². The molecule has 21 heavy (non-hydrogen) atoms. The summed E-state index contributed by atoms with van der Waals surface area (Å²) in [5, 5.41) is 0. The fourth-order valence-corrected chi connectivity index (χ4v) is 2.34. The summed E-state index contributed by atoms with van der Waals surface area (Å²) in [4.78, 5) is 22.1. The highest BCUT2D eigenvalue weighted by atomic mass is 17.2. The monoisotopic (exact) mass is 296 g/mol. The van der Waals surface area contributed by atoms with Crippen LogP contribution in [0.15, 0.2) is 12.1 Å². The molecule has 0 unspecified atom stereocenters. The molecule has 0 saturated heterocycles. The summed E-state index contributed by atoms with van der Waals surface area (Å²) in [6.07, 6.45) is 4.04. The molecule has 0 radical (unpaired) electrons. The Morgan fingerprint density at radius 3 is 2.05 bits per heavy atom. The van der Waals surface area contributed by atoms with Gasteiger partial charge in [-0.05, 0) is 25.0 Å². The molecule has 2 rings (SSSR count). The third-order valence-corrected chi connectivity index (χ3v) is 3.46. The first-order valence-corrected chi connectivity index (χ1v) is 6.87. The molecule has 0 N–H and O–H groups in total. The summed E-state index contributed by atoms with van der Waals surface area (Å²) in [7, 11) is 4.48. The van der Waals surface area contributed by atoms with Crippen molar-refractivity contribution < 1.29 is 28.8 Å². The lowest BCUT2D eigenvalue weighted by atomic mass is 10.2. The van der Waals surface area contributed by atoms with Gasteiger partial charge in [0.1, 0.15) is 6.10 Å². The standard InChI is InChI=1S/C15H20O6/c1-17-12-8-10(9-13(18-2)14(12)19-3)15(16)21-20-11-6-4-5-7-11/h8-9,11H,4-7H2,1-3H3. The van der Waals surface area contributed by atoms with Gasteiger partial charge in [-0.3, -0.25) is 4.89 Å². The second-order valence-corrected chi connectivity index (χ2v) is 4.79. The van der Waals surface area contributed by atoms with Crippen LogP contribution in [0.2, 0.25) is 0 Å². The number of benzene rings is 1. The van der Waals surface area contributed by atoms with Gasteiger partial charge in [-0.25, -0.2) is 4.79 Å². The van der Waals surface area contributed by atoms with Gasteiger partial charge in [0.05, 0.1) is 26.9 Å². The predicted octanol–water partition coefficient (Wildman–Crippen LogP) is 2.74. The molecule has 1 aromatic rings. The number of hydrogen-bond acceptors (Lipinski definition) is 6. The fourth-order valence-electron chi connectivity index (χ4n) is 2.34. The minimum Gasteiger partial charge on any atom is -0.493 e. The quantitative estimate of drug-likeness (QED) is 0.594. The zero-order valence-electron chi connectivity index (χ0n) is 12.5. The van der Waals surface area contributed by atoms with E-state index in [9.17, 15) is 4.79 Å². The van der Waals surface area contributed by atoms with Crippen molar-refractivity contribution in [2.45, 2.75) is 31.8 Å². The maximum Gasteiger partial charge on any atom is 0.373 e. The number of carbonyl (C=O) groups excluding carboxylic acids is 1. The topological polar surface area (TPSA) is 63.2 Å². The SMILES string of the molecule is COc1cc(C(=O)OOC2CCCC2)cc(OC)c1OC. The Labute approximate surface area is 123 Å². The third-order valence-electron chi connectivity index (χ3n) is 3.46. The van der Waals surface area contributed by atoms with Gasteiger partial charge < -0.3 is 14.2 Å². The highest BCUT2D eigenvalue weighted by molar-refractivity contribution is 5.90. The summed E-state index contributed by atoms with van der Waals surface area (Å²) in [6, 6.07) is 3.06. The van der Waals surface area contributed by atoms with E-state index in [1.54, 1.807) is 0 Å². The summed E-state index contributed by atoms with van der Waals surface area (Å²) >= 11 is 0. The molecule has 0 atom stereocenters. The Morgan fingerprint density at radius 2 is 1.57 bits per heavy atom. The smallest absolute Gasteiger partial charge is 0.373 e. The van der Waals surface area contributed by atoms with E-state index >= 15 is 0 Å². The van der Waals surface area contributed by atoms with Crippen molar-refractivity contribution in [2.75, 3.05) is 21.3 Å². The summed E-state index contributed by atoms with van der Waals surface area (Å²) < 4.78 is 15.6. The first kappa shape index (κ1) is 15.4. The Kier molecular flexibility index (Phi) is 5.27. The molecular formula is C15H20O6.